The van der Waals surface area contributed by atoms with Gasteiger partial charge in [-0.3, -0.25) is 19.5 Å². The van der Waals surface area contributed by atoms with Crippen LogP contribution in [0.3, 0.4) is 0 Å². The van der Waals surface area contributed by atoms with E-state index >= 15 is 0 Å². The first-order valence-electron chi connectivity index (χ1n) is 8.29. The number of nitro benzene ring substituents is 1. The molecule has 0 aliphatic heterocycles. The topological polar surface area (TPSA) is 133 Å². The van der Waals surface area contributed by atoms with Crippen LogP contribution < -0.4 is 4.18 Å². The number of non-ortho nitro benzene ring substituents is 1. The van der Waals surface area contributed by atoms with Crippen LogP contribution in [0.4, 0.5) is 5.69 Å². The number of nitrogens with zero attached hydrogens (tertiary/aromatic N) is 1. The molecule has 0 unspecified atom stereocenters. The Hall–Kier alpha value is -3.42. The zero-order valence-electron chi connectivity index (χ0n) is 15.1. The number of carbonyl (C=O) groups excluding carboxylic acids is 1. The lowest BCUT2D eigenvalue weighted by molar-refractivity contribution is -0.384. The predicted octanol–water partition coefficient (Wildman–Crippen LogP) is 2.63. The van der Waals surface area contributed by atoms with Crippen molar-refractivity contribution >= 4 is 22.1 Å². The molecule has 0 spiro atoms. The molecule has 0 atom stereocenters. The van der Waals surface area contributed by atoms with E-state index in [0.29, 0.717) is 29.5 Å². The van der Waals surface area contributed by atoms with Gasteiger partial charge in [-0.25, -0.2) is 0 Å². The number of terminal acetylenes is 1. The SMILES string of the molecule is C#CCCc1cc(OS(=O)(=O)O)ccc1COC(=O)Cc1ccc([N+](=O)[O-])cc1. The van der Waals surface area contributed by atoms with E-state index < -0.39 is 21.3 Å². The number of aryl methyl sites for hydroxylation is 1. The van der Waals surface area contributed by atoms with Gasteiger partial charge in [0.1, 0.15) is 12.4 Å². The van der Waals surface area contributed by atoms with E-state index in [4.69, 9.17) is 15.7 Å². The van der Waals surface area contributed by atoms with Crippen molar-refractivity contribution in [2.75, 3.05) is 0 Å². The van der Waals surface area contributed by atoms with E-state index in [2.05, 4.69) is 10.1 Å². The fraction of sp³-hybridized carbons (Fsp3) is 0.211. The molecule has 0 amide bonds. The minimum absolute atomic E-state index is 0.0678. The van der Waals surface area contributed by atoms with Gasteiger partial charge in [0.15, 0.2) is 0 Å². The average Bonchev–Trinajstić information content (AvgIpc) is 2.64. The Labute approximate surface area is 167 Å². The van der Waals surface area contributed by atoms with Gasteiger partial charge in [-0.05, 0) is 35.2 Å². The minimum atomic E-state index is -4.66. The van der Waals surface area contributed by atoms with Crippen LogP contribution in [0.1, 0.15) is 23.1 Å². The van der Waals surface area contributed by atoms with E-state index in [1.807, 2.05) is 0 Å². The quantitative estimate of drug-likeness (QED) is 0.216. The highest BCUT2D eigenvalue weighted by molar-refractivity contribution is 7.81. The standard InChI is InChI=1S/C19H17NO8S/c1-2-3-4-15-12-18(28-29(24,25)26)10-7-16(15)13-27-19(21)11-14-5-8-17(9-6-14)20(22)23/h1,5-10,12H,3-4,11,13H2,(H,24,25,26). The smallest absolute Gasteiger partial charge is 0.446 e. The summed E-state index contributed by atoms with van der Waals surface area (Å²) in [5.41, 5.74) is 1.68. The minimum Gasteiger partial charge on any atom is -0.461 e. The molecule has 2 rings (SSSR count). The summed E-state index contributed by atoms with van der Waals surface area (Å²) in [6.45, 7) is -0.0854. The van der Waals surface area contributed by atoms with Crippen molar-refractivity contribution in [1.29, 1.82) is 0 Å². The lowest BCUT2D eigenvalue weighted by Gasteiger charge is -2.11. The highest BCUT2D eigenvalue weighted by atomic mass is 32.3. The normalized spacial score (nSPS) is 10.8. The van der Waals surface area contributed by atoms with Gasteiger partial charge in [0.25, 0.3) is 5.69 Å². The molecule has 10 heteroatoms. The number of ether oxygens (including phenoxy) is 1. The van der Waals surface area contributed by atoms with Crippen molar-refractivity contribution in [3.63, 3.8) is 0 Å². The highest BCUT2D eigenvalue weighted by Crippen LogP contribution is 2.22. The van der Waals surface area contributed by atoms with Gasteiger partial charge in [-0.1, -0.05) is 18.2 Å². The Kier molecular flexibility index (Phi) is 7.30. The van der Waals surface area contributed by atoms with Crippen LogP contribution in [0, 0.1) is 22.5 Å². The Balaban J connectivity index is 2.04. The number of carbonyl (C=O) groups is 1. The third kappa shape index (κ3) is 7.25. The van der Waals surface area contributed by atoms with Crippen LogP contribution in [0.2, 0.25) is 0 Å². The number of hydrogen-bond donors (Lipinski definition) is 1. The molecule has 0 aliphatic rings. The molecule has 0 bridgehead atoms. The summed E-state index contributed by atoms with van der Waals surface area (Å²) in [4.78, 5) is 22.2. The van der Waals surface area contributed by atoms with Crippen molar-refractivity contribution in [2.24, 2.45) is 0 Å². The van der Waals surface area contributed by atoms with Gasteiger partial charge in [-0.2, -0.15) is 8.42 Å². The molecule has 0 heterocycles. The van der Waals surface area contributed by atoms with Crippen molar-refractivity contribution < 1.29 is 31.6 Å². The first-order valence-corrected chi connectivity index (χ1v) is 9.65. The molecular weight excluding hydrogens is 402 g/mol. The molecule has 2 aromatic carbocycles. The summed E-state index contributed by atoms with van der Waals surface area (Å²) in [5, 5.41) is 10.6. The molecule has 0 saturated heterocycles. The number of hydrogen-bond acceptors (Lipinski definition) is 7. The second-order valence-electron chi connectivity index (χ2n) is 5.91. The molecule has 2 aromatic rings. The number of nitro groups is 1. The van der Waals surface area contributed by atoms with E-state index in [0.717, 1.165) is 0 Å². The molecule has 152 valence electrons. The Bertz CT molecular complexity index is 1040. The Morgan fingerprint density at radius 1 is 1.17 bits per heavy atom. The predicted molar refractivity (Wildman–Crippen MR) is 102 cm³/mol. The van der Waals surface area contributed by atoms with Crippen molar-refractivity contribution in [3.05, 3.63) is 69.3 Å². The largest absolute Gasteiger partial charge is 0.461 e. The summed E-state index contributed by atoms with van der Waals surface area (Å²) < 4.78 is 40.2. The molecule has 9 nitrogen and oxygen atoms in total. The summed E-state index contributed by atoms with van der Waals surface area (Å²) in [7, 11) is -4.66. The van der Waals surface area contributed by atoms with Crippen LogP contribution in [-0.4, -0.2) is 23.9 Å². The second kappa shape index (κ2) is 9.68. The monoisotopic (exact) mass is 419 g/mol. The van der Waals surface area contributed by atoms with Crippen LogP contribution >= 0.6 is 0 Å². The first kappa shape index (κ1) is 21.9. The highest BCUT2D eigenvalue weighted by Gasteiger charge is 2.13. The van der Waals surface area contributed by atoms with Gasteiger partial charge in [0.05, 0.1) is 11.3 Å². The van der Waals surface area contributed by atoms with Crippen LogP contribution in [0.5, 0.6) is 5.75 Å². The van der Waals surface area contributed by atoms with Gasteiger partial charge < -0.3 is 8.92 Å². The summed E-state index contributed by atoms with van der Waals surface area (Å²) in [6.07, 6.45) is 5.93. The maximum atomic E-state index is 12.1. The van der Waals surface area contributed by atoms with Gasteiger partial charge >= 0.3 is 16.4 Å². The summed E-state index contributed by atoms with van der Waals surface area (Å²) >= 11 is 0. The van der Waals surface area contributed by atoms with Crippen molar-refractivity contribution in [3.8, 4) is 18.1 Å². The lowest BCUT2D eigenvalue weighted by Crippen LogP contribution is -2.10. The first-order chi connectivity index (χ1) is 13.7. The summed E-state index contributed by atoms with van der Waals surface area (Å²) in [5.74, 6) is 1.82. The molecular formula is C19H17NO8S. The van der Waals surface area contributed by atoms with Crippen LogP contribution in [-0.2, 0) is 39.4 Å². The molecule has 29 heavy (non-hydrogen) atoms. The van der Waals surface area contributed by atoms with E-state index in [9.17, 15) is 23.3 Å². The maximum Gasteiger partial charge on any atom is 0.446 e. The fourth-order valence-corrected chi connectivity index (χ4v) is 2.81. The maximum absolute atomic E-state index is 12.1. The summed E-state index contributed by atoms with van der Waals surface area (Å²) in [6, 6.07) is 9.75. The third-order valence-corrected chi connectivity index (χ3v) is 4.21. The Morgan fingerprint density at radius 3 is 2.45 bits per heavy atom. The van der Waals surface area contributed by atoms with Crippen molar-refractivity contribution in [2.45, 2.75) is 25.9 Å². The van der Waals surface area contributed by atoms with Crippen LogP contribution in [0.15, 0.2) is 42.5 Å². The number of rotatable bonds is 9. The molecule has 0 fully saturated rings. The second-order valence-corrected chi connectivity index (χ2v) is 6.93. The molecule has 0 radical (unpaired) electrons. The third-order valence-electron chi connectivity index (χ3n) is 3.80. The molecule has 0 aromatic heterocycles. The van der Waals surface area contributed by atoms with E-state index in [1.54, 1.807) is 0 Å². The van der Waals surface area contributed by atoms with E-state index in [1.165, 1.54) is 42.5 Å². The van der Waals surface area contributed by atoms with Crippen LogP contribution in [0.25, 0.3) is 0 Å². The van der Waals surface area contributed by atoms with Gasteiger partial charge in [0, 0.05) is 18.6 Å². The Morgan fingerprint density at radius 2 is 1.86 bits per heavy atom. The van der Waals surface area contributed by atoms with Gasteiger partial charge in [0.2, 0.25) is 0 Å². The van der Waals surface area contributed by atoms with Gasteiger partial charge in [-0.15, -0.1) is 12.3 Å². The number of esters is 1. The number of benzene rings is 2. The van der Waals surface area contributed by atoms with E-state index in [-0.39, 0.29) is 24.5 Å². The van der Waals surface area contributed by atoms with Crippen molar-refractivity contribution in [1.82, 2.24) is 0 Å². The molecule has 0 saturated carbocycles. The molecule has 0 aliphatic carbocycles. The average molecular weight is 419 g/mol. The zero-order chi connectivity index (χ0) is 21.4. The zero-order valence-corrected chi connectivity index (χ0v) is 15.9. The lowest BCUT2D eigenvalue weighted by atomic mass is 10.0. The fourth-order valence-electron chi connectivity index (χ4n) is 2.47. The molecule has 1 N–H and O–H groups in total.